The lowest BCUT2D eigenvalue weighted by Crippen LogP contribution is -2.89. The topological polar surface area (TPSA) is 253 Å². The first kappa shape index (κ1) is 45.6. The van der Waals surface area contributed by atoms with Crippen molar-refractivity contribution in [3.8, 4) is 0 Å². The van der Waals surface area contributed by atoms with Crippen molar-refractivity contribution in [2.24, 2.45) is 17.3 Å². The summed E-state index contributed by atoms with van der Waals surface area (Å²) in [7, 11) is 0. The van der Waals surface area contributed by atoms with Crippen molar-refractivity contribution in [2.45, 2.75) is 122 Å². The normalized spacial score (nSPS) is 36.0. The van der Waals surface area contributed by atoms with Crippen LogP contribution < -0.4 is 0 Å². The number of ether oxygens (including phenoxy) is 9. The molecule has 2 saturated carbocycles. The van der Waals surface area contributed by atoms with Crippen molar-refractivity contribution in [1.29, 1.82) is 0 Å². The van der Waals surface area contributed by atoms with E-state index in [-0.39, 0.29) is 11.1 Å². The van der Waals surface area contributed by atoms with Gasteiger partial charge in [-0.25, -0.2) is 9.59 Å². The first-order chi connectivity index (χ1) is 29.0. The molecule has 62 heavy (non-hydrogen) atoms. The van der Waals surface area contributed by atoms with Crippen LogP contribution in [0.3, 0.4) is 0 Å². The Morgan fingerprint density at radius 1 is 0.758 bits per heavy atom. The molecule has 3 heterocycles. The number of carbonyl (C=O) groups is 8. The van der Waals surface area contributed by atoms with Gasteiger partial charge < -0.3 is 47.7 Å². The van der Waals surface area contributed by atoms with Crippen molar-refractivity contribution in [2.75, 3.05) is 13.2 Å². The Balaban J connectivity index is 1.80. The smallest absolute Gasteiger partial charge is 0.340 e. The average molecular weight is 868 g/mol. The molecule has 13 atom stereocenters. The van der Waals surface area contributed by atoms with Crippen LogP contribution in [-0.2, 0) is 71.4 Å². The minimum absolute atomic E-state index is 0.0151. The molecular weight excluding hydrogens is 818 g/mol. The number of fused-ring (bicyclic) bond motifs is 5. The Hall–Kier alpha value is -5.95. The van der Waals surface area contributed by atoms with Crippen LogP contribution in [0.4, 0.5) is 0 Å². The highest BCUT2D eigenvalue weighted by molar-refractivity contribution is 5.91. The SMILES string of the molecule is CC(=O)OC[C@@]12[C@H](OC(C)=O)[C@@H](OC(C)=O)[C@@H]3OC(=O)[C@@H](C)[C@@H](C)c4ccncc4C(=O)OC[C@]4(C)O[C@@]1([C@H](OC(C)=O)[C@H]4[C@@H](OC(=O)c1ccccc1)[C@@H]2OC(C)=O)[C@@]3(C)O. The van der Waals surface area contributed by atoms with E-state index >= 15 is 0 Å². The molecule has 4 aliphatic rings. The van der Waals surface area contributed by atoms with Gasteiger partial charge in [-0.1, -0.05) is 32.0 Å². The van der Waals surface area contributed by atoms with Gasteiger partial charge in [0.1, 0.15) is 42.0 Å². The van der Waals surface area contributed by atoms with Crippen LogP contribution in [0.1, 0.15) is 94.5 Å². The summed E-state index contributed by atoms with van der Waals surface area (Å²) in [5, 5.41) is 13.6. The van der Waals surface area contributed by atoms with Gasteiger partial charge in [0.05, 0.1) is 23.0 Å². The molecule has 0 unspecified atom stereocenters. The molecule has 2 aromatic rings. The van der Waals surface area contributed by atoms with Gasteiger partial charge in [0.25, 0.3) is 0 Å². The summed E-state index contributed by atoms with van der Waals surface area (Å²) < 4.78 is 55.4. The van der Waals surface area contributed by atoms with Gasteiger partial charge in [0.2, 0.25) is 0 Å². The number of hydrogen-bond acceptors (Lipinski definition) is 19. The maximum absolute atomic E-state index is 14.5. The van der Waals surface area contributed by atoms with E-state index in [1.54, 1.807) is 25.1 Å². The molecule has 19 nitrogen and oxygen atoms in total. The molecule has 1 saturated heterocycles. The Morgan fingerprint density at radius 3 is 1.92 bits per heavy atom. The summed E-state index contributed by atoms with van der Waals surface area (Å²) in [6.07, 6.45) is -9.56. The maximum atomic E-state index is 14.5. The van der Waals surface area contributed by atoms with E-state index in [0.29, 0.717) is 5.56 Å². The molecule has 4 bridgehead atoms. The fourth-order valence-corrected chi connectivity index (χ4v) is 9.88. The van der Waals surface area contributed by atoms with Crippen molar-refractivity contribution >= 4 is 47.8 Å². The van der Waals surface area contributed by atoms with Crippen molar-refractivity contribution < 1.29 is 86.1 Å². The molecule has 3 fully saturated rings. The number of pyridine rings is 1. The Kier molecular flexibility index (Phi) is 12.3. The number of carbonyl (C=O) groups excluding carboxylic acids is 8. The third-order valence-corrected chi connectivity index (χ3v) is 12.5. The van der Waals surface area contributed by atoms with Crippen LogP contribution in [-0.4, -0.2) is 124 Å². The number of hydrogen-bond donors (Lipinski definition) is 1. The van der Waals surface area contributed by atoms with Crippen LogP contribution >= 0.6 is 0 Å². The molecule has 6 rings (SSSR count). The first-order valence-corrected chi connectivity index (χ1v) is 19.9. The van der Waals surface area contributed by atoms with Crippen LogP contribution in [0.2, 0.25) is 0 Å². The van der Waals surface area contributed by atoms with E-state index < -0.39 is 138 Å². The third-order valence-electron chi connectivity index (χ3n) is 12.5. The molecule has 0 amide bonds. The number of benzene rings is 1. The second kappa shape index (κ2) is 16.7. The second-order valence-corrected chi connectivity index (χ2v) is 16.5. The van der Waals surface area contributed by atoms with E-state index in [0.717, 1.165) is 41.5 Å². The number of aliphatic hydroxyl groups is 1. The van der Waals surface area contributed by atoms with Crippen molar-refractivity contribution in [3.63, 3.8) is 0 Å². The van der Waals surface area contributed by atoms with Crippen LogP contribution in [0.5, 0.6) is 0 Å². The molecule has 1 aromatic heterocycles. The van der Waals surface area contributed by atoms with Gasteiger partial charge in [-0.3, -0.25) is 33.8 Å². The summed E-state index contributed by atoms with van der Waals surface area (Å²) in [5.74, 6) is -11.7. The standard InChI is InChI=1S/C43H49NO18/c1-20-21(2)37(50)61-34-32(56-23(4)46)36(59-26(7)49)42(19-54-22(3)45)35(58-25(6)48)31(60-38(51)27-13-11-10-12-14-27)30-33(57-24(5)47)43(42,41(34,9)53)62-40(30,8)18-55-39(52)29-17-44-16-15-28(20)29/h10-17,20-21,30-36,53H,18-19H2,1-9H3/t20-,21+,30-,31-,32+,33-,34+,35+,36-,40+,41+,42-,43+/m1/s1. The summed E-state index contributed by atoms with van der Waals surface area (Å²) in [4.78, 5) is 114. The van der Waals surface area contributed by atoms with Gasteiger partial charge >= 0.3 is 47.8 Å². The van der Waals surface area contributed by atoms with Crippen molar-refractivity contribution in [3.05, 3.63) is 65.5 Å². The maximum Gasteiger partial charge on any atom is 0.340 e. The fourth-order valence-electron chi connectivity index (χ4n) is 9.88. The highest BCUT2D eigenvalue weighted by atomic mass is 16.7. The summed E-state index contributed by atoms with van der Waals surface area (Å²) in [5.41, 5.74) is -10.1. The second-order valence-electron chi connectivity index (χ2n) is 16.5. The zero-order chi connectivity index (χ0) is 45.7. The molecule has 19 heteroatoms. The quantitative estimate of drug-likeness (QED) is 0.295. The molecule has 2 aliphatic heterocycles. The van der Waals surface area contributed by atoms with Crippen LogP contribution in [0, 0.1) is 17.3 Å². The van der Waals surface area contributed by atoms with E-state index in [4.69, 9.17) is 42.6 Å². The third kappa shape index (κ3) is 7.43. The molecule has 1 N–H and O–H groups in total. The van der Waals surface area contributed by atoms with Gasteiger partial charge in [-0.15, -0.1) is 0 Å². The average Bonchev–Trinajstić information content (AvgIpc) is 3.42. The van der Waals surface area contributed by atoms with Gasteiger partial charge in [0, 0.05) is 47.0 Å². The Labute approximate surface area is 355 Å². The minimum Gasteiger partial charge on any atom is -0.465 e. The molecule has 1 spiro atoms. The number of rotatable bonds is 8. The predicted octanol–water partition coefficient (Wildman–Crippen LogP) is 2.33. The van der Waals surface area contributed by atoms with Gasteiger partial charge in [-0.2, -0.15) is 0 Å². The van der Waals surface area contributed by atoms with E-state index in [2.05, 4.69) is 4.98 Å². The van der Waals surface area contributed by atoms with Crippen LogP contribution in [0.25, 0.3) is 0 Å². The molecular formula is C43H49NO18. The van der Waals surface area contributed by atoms with E-state index in [1.165, 1.54) is 44.4 Å². The largest absolute Gasteiger partial charge is 0.465 e. The molecule has 1 aromatic carbocycles. The number of cyclic esters (lactones) is 1. The number of aromatic nitrogens is 1. The Morgan fingerprint density at radius 2 is 1.34 bits per heavy atom. The van der Waals surface area contributed by atoms with Gasteiger partial charge in [-0.05, 0) is 43.5 Å². The van der Waals surface area contributed by atoms with E-state index in [9.17, 15) is 43.5 Å². The minimum atomic E-state index is -2.85. The monoisotopic (exact) mass is 867 g/mol. The lowest BCUT2D eigenvalue weighted by molar-refractivity contribution is -0.386. The van der Waals surface area contributed by atoms with Gasteiger partial charge in [0.15, 0.2) is 30.0 Å². The highest BCUT2D eigenvalue weighted by Crippen LogP contribution is 2.70. The lowest BCUT2D eigenvalue weighted by Gasteiger charge is -2.67. The number of nitrogens with zero attached hydrogens (tertiary/aromatic N) is 1. The number of esters is 8. The fraction of sp³-hybridized carbons (Fsp3) is 0.558. The molecule has 0 radical (unpaired) electrons. The van der Waals surface area contributed by atoms with E-state index in [1.807, 2.05) is 0 Å². The molecule has 334 valence electrons. The predicted molar refractivity (Wildman–Crippen MR) is 205 cm³/mol. The lowest BCUT2D eigenvalue weighted by atomic mass is 9.45. The summed E-state index contributed by atoms with van der Waals surface area (Å²) in [6, 6.07) is 9.05. The highest BCUT2D eigenvalue weighted by Gasteiger charge is 2.92. The zero-order valence-corrected chi connectivity index (χ0v) is 35.6. The van der Waals surface area contributed by atoms with Crippen LogP contribution in [0.15, 0.2) is 48.8 Å². The summed E-state index contributed by atoms with van der Waals surface area (Å²) >= 11 is 0. The molecule has 2 aliphatic carbocycles. The summed E-state index contributed by atoms with van der Waals surface area (Å²) in [6.45, 7) is 8.70. The van der Waals surface area contributed by atoms with Crippen molar-refractivity contribution in [1.82, 2.24) is 4.98 Å². The Bertz CT molecular complexity index is 2160. The first-order valence-electron chi connectivity index (χ1n) is 19.9. The zero-order valence-electron chi connectivity index (χ0n) is 35.6.